The SMILES string of the molecule is O=C(NCC1COc2ccccc2C1)c1cc(Br)ccc1O. The Hall–Kier alpha value is -2.01. The summed E-state index contributed by atoms with van der Waals surface area (Å²) in [7, 11) is 0. The lowest BCUT2D eigenvalue weighted by molar-refractivity contribution is 0.0936. The molecule has 1 amide bonds. The Morgan fingerprint density at radius 1 is 1.32 bits per heavy atom. The Bertz CT molecular complexity index is 702. The third-order valence-electron chi connectivity index (χ3n) is 3.71. The van der Waals surface area contributed by atoms with Crippen LogP contribution in [0.15, 0.2) is 46.9 Å². The molecule has 2 aromatic rings. The van der Waals surface area contributed by atoms with Gasteiger partial charge < -0.3 is 15.2 Å². The second-order valence-electron chi connectivity index (χ2n) is 5.36. The van der Waals surface area contributed by atoms with E-state index in [1.54, 1.807) is 12.1 Å². The van der Waals surface area contributed by atoms with E-state index in [9.17, 15) is 9.90 Å². The van der Waals surface area contributed by atoms with Crippen LogP contribution in [0.3, 0.4) is 0 Å². The normalized spacial score (nSPS) is 16.5. The number of carbonyl (C=O) groups excluding carboxylic acids is 1. The lowest BCUT2D eigenvalue weighted by Gasteiger charge is -2.25. The molecule has 1 aliphatic rings. The lowest BCUT2D eigenvalue weighted by atomic mass is 9.96. The molecule has 0 bridgehead atoms. The minimum absolute atomic E-state index is 0.0223. The molecule has 0 aliphatic carbocycles. The van der Waals surface area contributed by atoms with Crippen LogP contribution in [0.2, 0.25) is 0 Å². The fourth-order valence-corrected chi connectivity index (χ4v) is 2.91. The van der Waals surface area contributed by atoms with Gasteiger partial charge in [-0.25, -0.2) is 0 Å². The van der Waals surface area contributed by atoms with Crippen LogP contribution in [-0.2, 0) is 6.42 Å². The molecule has 1 unspecified atom stereocenters. The van der Waals surface area contributed by atoms with Gasteiger partial charge in [0.1, 0.15) is 11.5 Å². The molecule has 1 aliphatic heterocycles. The number of fused-ring (bicyclic) bond motifs is 1. The van der Waals surface area contributed by atoms with E-state index >= 15 is 0 Å². The second kappa shape index (κ2) is 6.40. The van der Waals surface area contributed by atoms with Gasteiger partial charge in [-0.05, 0) is 36.2 Å². The van der Waals surface area contributed by atoms with Crippen LogP contribution in [0.4, 0.5) is 0 Å². The summed E-state index contributed by atoms with van der Waals surface area (Å²) in [6, 6.07) is 12.8. The van der Waals surface area contributed by atoms with Crippen molar-refractivity contribution >= 4 is 21.8 Å². The van der Waals surface area contributed by atoms with Crippen molar-refractivity contribution in [1.29, 1.82) is 0 Å². The fourth-order valence-electron chi connectivity index (χ4n) is 2.54. The van der Waals surface area contributed by atoms with Crippen molar-refractivity contribution in [3.8, 4) is 11.5 Å². The van der Waals surface area contributed by atoms with Crippen LogP contribution < -0.4 is 10.1 Å². The van der Waals surface area contributed by atoms with Crippen molar-refractivity contribution in [2.75, 3.05) is 13.2 Å². The van der Waals surface area contributed by atoms with Crippen LogP contribution in [0, 0.1) is 5.92 Å². The molecule has 0 saturated carbocycles. The molecule has 1 atom stereocenters. The van der Waals surface area contributed by atoms with E-state index in [1.165, 1.54) is 11.6 Å². The molecule has 2 aromatic carbocycles. The Balaban J connectivity index is 1.61. The zero-order valence-corrected chi connectivity index (χ0v) is 13.5. The monoisotopic (exact) mass is 361 g/mol. The summed E-state index contributed by atoms with van der Waals surface area (Å²) >= 11 is 3.30. The summed E-state index contributed by atoms with van der Waals surface area (Å²) in [5.41, 5.74) is 1.44. The lowest BCUT2D eigenvalue weighted by Crippen LogP contribution is -2.34. The number of rotatable bonds is 3. The number of halogens is 1. The number of nitrogens with one attached hydrogen (secondary N) is 1. The number of hydrogen-bond donors (Lipinski definition) is 2. The molecule has 0 radical (unpaired) electrons. The van der Waals surface area contributed by atoms with Crippen molar-refractivity contribution in [3.05, 3.63) is 58.1 Å². The minimum Gasteiger partial charge on any atom is -0.507 e. The fraction of sp³-hybridized carbons (Fsp3) is 0.235. The summed E-state index contributed by atoms with van der Waals surface area (Å²) < 4.78 is 6.46. The van der Waals surface area contributed by atoms with Gasteiger partial charge in [0.15, 0.2) is 0 Å². The standard InChI is InChI=1S/C17H16BrNO3/c18-13-5-6-15(20)14(8-13)17(21)19-9-11-7-12-3-1-2-4-16(12)22-10-11/h1-6,8,11,20H,7,9-10H2,(H,19,21). The van der Waals surface area contributed by atoms with Gasteiger partial charge in [-0.3, -0.25) is 4.79 Å². The third kappa shape index (κ3) is 3.25. The zero-order chi connectivity index (χ0) is 15.5. The van der Waals surface area contributed by atoms with Gasteiger partial charge in [0.25, 0.3) is 5.91 Å². The first-order valence-corrected chi connectivity index (χ1v) is 7.90. The first-order valence-electron chi connectivity index (χ1n) is 7.11. The summed E-state index contributed by atoms with van der Waals surface area (Å²) in [6.07, 6.45) is 0.876. The van der Waals surface area contributed by atoms with Crippen LogP contribution in [0.25, 0.3) is 0 Å². The van der Waals surface area contributed by atoms with E-state index < -0.39 is 0 Å². The zero-order valence-electron chi connectivity index (χ0n) is 11.9. The van der Waals surface area contributed by atoms with Crippen LogP contribution in [-0.4, -0.2) is 24.2 Å². The predicted octanol–water partition coefficient (Wildman–Crippen LogP) is 3.14. The molecule has 0 spiro atoms. The van der Waals surface area contributed by atoms with E-state index in [-0.39, 0.29) is 23.1 Å². The van der Waals surface area contributed by atoms with Gasteiger partial charge in [-0.2, -0.15) is 0 Å². The number of aromatic hydroxyl groups is 1. The highest BCUT2D eigenvalue weighted by Crippen LogP contribution is 2.26. The average molecular weight is 362 g/mol. The smallest absolute Gasteiger partial charge is 0.255 e. The van der Waals surface area contributed by atoms with Gasteiger partial charge in [-0.1, -0.05) is 34.1 Å². The van der Waals surface area contributed by atoms with E-state index in [2.05, 4.69) is 21.2 Å². The summed E-state index contributed by atoms with van der Waals surface area (Å²) in [4.78, 5) is 12.2. The highest BCUT2D eigenvalue weighted by Gasteiger charge is 2.20. The van der Waals surface area contributed by atoms with Crippen molar-refractivity contribution < 1.29 is 14.6 Å². The quantitative estimate of drug-likeness (QED) is 0.882. The van der Waals surface area contributed by atoms with E-state index in [0.29, 0.717) is 13.2 Å². The number of amides is 1. The first-order chi connectivity index (χ1) is 10.6. The minimum atomic E-state index is -0.280. The molecular formula is C17H16BrNO3. The Kier molecular flexibility index (Phi) is 4.34. The van der Waals surface area contributed by atoms with Gasteiger partial charge in [0.2, 0.25) is 0 Å². The molecule has 4 nitrogen and oxygen atoms in total. The number of phenolic OH excluding ortho intramolecular Hbond substituents is 1. The van der Waals surface area contributed by atoms with Crippen LogP contribution >= 0.6 is 15.9 Å². The van der Waals surface area contributed by atoms with Crippen LogP contribution in [0.5, 0.6) is 11.5 Å². The number of hydrogen-bond acceptors (Lipinski definition) is 3. The van der Waals surface area contributed by atoms with Gasteiger partial charge in [0.05, 0.1) is 12.2 Å². The predicted molar refractivity (Wildman–Crippen MR) is 87.3 cm³/mol. The molecule has 22 heavy (non-hydrogen) atoms. The van der Waals surface area contributed by atoms with E-state index in [4.69, 9.17) is 4.74 Å². The number of ether oxygens (including phenoxy) is 1. The second-order valence-corrected chi connectivity index (χ2v) is 6.28. The van der Waals surface area contributed by atoms with Crippen molar-refractivity contribution in [2.24, 2.45) is 5.92 Å². The summed E-state index contributed by atoms with van der Waals surface area (Å²) in [5, 5.41) is 12.6. The van der Waals surface area contributed by atoms with Gasteiger partial charge in [0, 0.05) is 16.9 Å². The average Bonchev–Trinajstić information content (AvgIpc) is 2.54. The molecule has 0 saturated heterocycles. The maximum Gasteiger partial charge on any atom is 0.255 e. The number of carbonyl (C=O) groups is 1. The highest BCUT2D eigenvalue weighted by molar-refractivity contribution is 9.10. The number of phenols is 1. The molecule has 0 aromatic heterocycles. The molecular weight excluding hydrogens is 346 g/mol. The third-order valence-corrected chi connectivity index (χ3v) is 4.20. The highest BCUT2D eigenvalue weighted by atomic mass is 79.9. The topological polar surface area (TPSA) is 58.6 Å². The maximum absolute atomic E-state index is 12.2. The van der Waals surface area contributed by atoms with E-state index in [0.717, 1.165) is 16.6 Å². The van der Waals surface area contributed by atoms with Crippen molar-refractivity contribution in [1.82, 2.24) is 5.32 Å². The molecule has 0 fully saturated rings. The Morgan fingerprint density at radius 2 is 2.14 bits per heavy atom. The van der Waals surface area contributed by atoms with E-state index in [1.807, 2.05) is 24.3 Å². The van der Waals surface area contributed by atoms with Crippen LogP contribution in [0.1, 0.15) is 15.9 Å². The molecule has 5 heteroatoms. The first kappa shape index (κ1) is 14.9. The Labute approximate surface area is 137 Å². The molecule has 114 valence electrons. The largest absolute Gasteiger partial charge is 0.507 e. The Morgan fingerprint density at radius 3 is 3.00 bits per heavy atom. The summed E-state index contributed by atoms with van der Waals surface area (Å²) in [5.74, 6) is 0.853. The van der Waals surface area contributed by atoms with Crippen molar-refractivity contribution in [2.45, 2.75) is 6.42 Å². The molecule has 2 N–H and O–H groups in total. The number of para-hydroxylation sites is 1. The molecule has 1 heterocycles. The van der Waals surface area contributed by atoms with Gasteiger partial charge >= 0.3 is 0 Å². The van der Waals surface area contributed by atoms with Crippen molar-refractivity contribution in [3.63, 3.8) is 0 Å². The number of benzene rings is 2. The van der Waals surface area contributed by atoms with Gasteiger partial charge in [-0.15, -0.1) is 0 Å². The summed E-state index contributed by atoms with van der Waals surface area (Å²) in [6.45, 7) is 1.10. The maximum atomic E-state index is 12.2. The molecule has 3 rings (SSSR count).